The molecule has 2 unspecified atom stereocenters. The van der Waals surface area contributed by atoms with Crippen molar-refractivity contribution >= 4 is 23.2 Å². The molecule has 0 saturated carbocycles. The molecular weight excluding hydrogens is 424 g/mol. The lowest BCUT2D eigenvalue weighted by molar-refractivity contribution is 0.0950. The maximum absolute atomic E-state index is 13.1. The number of nitrogens with zero attached hydrogens (tertiary/aromatic N) is 1. The summed E-state index contributed by atoms with van der Waals surface area (Å²) >= 11 is 6.47. The van der Waals surface area contributed by atoms with Crippen LogP contribution in [0.2, 0.25) is 5.02 Å². The zero-order chi connectivity index (χ0) is 23.6. The molecule has 174 valence electrons. The van der Waals surface area contributed by atoms with Crippen LogP contribution in [0.25, 0.3) is 0 Å². The molecule has 0 bridgehead atoms. The average Bonchev–Trinajstić information content (AvgIpc) is 2.69. The number of pyridine rings is 1. The molecular formula is C25H35ClN4O2. The lowest BCUT2D eigenvalue weighted by Crippen LogP contribution is -2.51. The molecule has 7 heteroatoms. The van der Waals surface area contributed by atoms with Gasteiger partial charge < -0.3 is 20.5 Å². The number of rotatable bonds is 6. The van der Waals surface area contributed by atoms with Crippen molar-refractivity contribution in [2.24, 2.45) is 0 Å². The van der Waals surface area contributed by atoms with Crippen molar-refractivity contribution in [1.82, 2.24) is 15.6 Å². The zero-order valence-electron chi connectivity index (χ0n) is 19.9. The van der Waals surface area contributed by atoms with Gasteiger partial charge in [-0.2, -0.15) is 0 Å². The highest BCUT2D eigenvalue weighted by Gasteiger charge is 2.29. The van der Waals surface area contributed by atoms with Gasteiger partial charge in [0, 0.05) is 58.7 Å². The van der Waals surface area contributed by atoms with Gasteiger partial charge in [-0.15, -0.1) is 0 Å². The lowest BCUT2D eigenvalue weighted by Gasteiger charge is -2.41. The second-order valence-corrected chi connectivity index (χ2v) is 9.54. The number of piperidine rings is 1. The Morgan fingerprint density at radius 3 is 2.41 bits per heavy atom. The van der Waals surface area contributed by atoms with E-state index >= 15 is 0 Å². The van der Waals surface area contributed by atoms with Crippen molar-refractivity contribution < 1.29 is 4.79 Å². The molecule has 1 saturated heterocycles. The topological polar surface area (TPSA) is 77.2 Å². The predicted octanol–water partition coefficient (Wildman–Crippen LogP) is 4.24. The average molecular weight is 459 g/mol. The second kappa shape index (κ2) is 10.1. The number of H-pyrrole nitrogens is 1. The van der Waals surface area contributed by atoms with Crippen LogP contribution in [0.1, 0.15) is 66.4 Å². The maximum atomic E-state index is 13.1. The van der Waals surface area contributed by atoms with E-state index in [9.17, 15) is 9.59 Å². The molecule has 2 heterocycles. The van der Waals surface area contributed by atoms with Crippen molar-refractivity contribution in [2.75, 3.05) is 11.4 Å². The van der Waals surface area contributed by atoms with E-state index in [2.05, 4.69) is 41.3 Å². The number of hydrogen-bond donors (Lipinski definition) is 3. The molecule has 0 aliphatic carbocycles. The molecule has 1 aromatic carbocycles. The summed E-state index contributed by atoms with van der Waals surface area (Å²) in [6.45, 7) is 13.3. The first-order valence-electron chi connectivity index (χ1n) is 11.4. The van der Waals surface area contributed by atoms with E-state index < -0.39 is 0 Å². The van der Waals surface area contributed by atoms with Gasteiger partial charge in [-0.05, 0) is 83.7 Å². The number of aryl methyl sites for hydroxylation is 2. The number of hydrogen-bond acceptors (Lipinski definition) is 4. The fourth-order valence-corrected chi connectivity index (χ4v) is 5.19. The molecule has 2 aromatic rings. The number of anilines is 1. The van der Waals surface area contributed by atoms with Crippen LogP contribution in [-0.2, 0) is 6.54 Å². The van der Waals surface area contributed by atoms with E-state index in [4.69, 9.17) is 11.6 Å². The third-order valence-electron chi connectivity index (χ3n) is 6.42. The highest BCUT2D eigenvalue weighted by Crippen LogP contribution is 2.32. The first kappa shape index (κ1) is 24.3. The van der Waals surface area contributed by atoms with Gasteiger partial charge in [0.2, 0.25) is 0 Å². The minimum atomic E-state index is -0.228. The summed E-state index contributed by atoms with van der Waals surface area (Å²) < 4.78 is 0. The summed E-state index contributed by atoms with van der Waals surface area (Å²) in [6.07, 6.45) is 2.09. The number of nitrogens with one attached hydrogen (secondary N) is 3. The number of amides is 1. The molecule has 0 spiro atoms. The Balaban J connectivity index is 1.87. The minimum Gasteiger partial charge on any atom is -0.368 e. The van der Waals surface area contributed by atoms with Crippen molar-refractivity contribution in [3.63, 3.8) is 0 Å². The highest BCUT2D eigenvalue weighted by molar-refractivity contribution is 6.31. The van der Waals surface area contributed by atoms with Gasteiger partial charge in [-0.1, -0.05) is 11.6 Å². The summed E-state index contributed by atoms with van der Waals surface area (Å²) in [4.78, 5) is 30.6. The van der Waals surface area contributed by atoms with Gasteiger partial charge in [-0.3, -0.25) is 9.59 Å². The molecule has 3 rings (SSSR count). The Morgan fingerprint density at radius 2 is 1.81 bits per heavy atom. The Bertz CT molecular complexity index is 1040. The lowest BCUT2D eigenvalue weighted by atomic mass is 9.92. The van der Waals surface area contributed by atoms with Crippen LogP contribution in [0.3, 0.4) is 0 Å². The number of carbonyl (C=O) groups excluding carboxylic acids is 1. The number of carbonyl (C=O) groups is 1. The van der Waals surface area contributed by atoms with Crippen LogP contribution in [0.5, 0.6) is 0 Å². The van der Waals surface area contributed by atoms with Crippen LogP contribution >= 0.6 is 11.6 Å². The SMILES string of the molecule is CCN(c1cc(Cl)cc(C(=O)NCc2c(C)cc(C)[nH]c2=O)c1C)C1CC(C)NC(C)C1. The van der Waals surface area contributed by atoms with Crippen LogP contribution in [0, 0.1) is 20.8 Å². The summed E-state index contributed by atoms with van der Waals surface area (Å²) in [6, 6.07) is 6.85. The van der Waals surface area contributed by atoms with E-state index in [1.165, 1.54) is 0 Å². The first-order valence-corrected chi connectivity index (χ1v) is 11.8. The summed E-state index contributed by atoms with van der Waals surface area (Å²) in [5.74, 6) is -0.228. The number of aromatic amines is 1. The molecule has 6 nitrogen and oxygen atoms in total. The third-order valence-corrected chi connectivity index (χ3v) is 6.64. The smallest absolute Gasteiger partial charge is 0.253 e. The predicted molar refractivity (Wildman–Crippen MR) is 132 cm³/mol. The number of aromatic nitrogens is 1. The maximum Gasteiger partial charge on any atom is 0.253 e. The summed E-state index contributed by atoms with van der Waals surface area (Å²) in [5.41, 5.74) is 4.51. The largest absolute Gasteiger partial charge is 0.368 e. The zero-order valence-corrected chi connectivity index (χ0v) is 20.7. The van der Waals surface area contributed by atoms with Gasteiger partial charge >= 0.3 is 0 Å². The van der Waals surface area contributed by atoms with Crippen molar-refractivity contribution in [3.05, 3.63) is 61.5 Å². The van der Waals surface area contributed by atoms with E-state index in [1.54, 1.807) is 6.07 Å². The van der Waals surface area contributed by atoms with Crippen LogP contribution in [0.15, 0.2) is 23.0 Å². The van der Waals surface area contributed by atoms with Crippen molar-refractivity contribution in [3.8, 4) is 0 Å². The fraction of sp³-hybridized carbons (Fsp3) is 0.520. The quantitative estimate of drug-likeness (QED) is 0.605. The van der Waals surface area contributed by atoms with Crippen molar-refractivity contribution in [1.29, 1.82) is 0 Å². The minimum absolute atomic E-state index is 0.169. The monoisotopic (exact) mass is 458 g/mol. The van der Waals surface area contributed by atoms with Crippen LogP contribution < -0.4 is 21.1 Å². The van der Waals surface area contributed by atoms with E-state index in [-0.39, 0.29) is 18.0 Å². The molecule has 1 aromatic heterocycles. The Hall–Kier alpha value is -2.31. The summed E-state index contributed by atoms with van der Waals surface area (Å²) in [5, 5.41) is 7.05. The van der Waals surface area contributed by atoms with Gasteiger partial charge in [0.1, 0.15) is 0 Å². The molecule has 2 atom stereocenters. The summed E-state index contributed by atoms with van der Waals surface area (Å²) in [7, 11) is 0. The number of benzene rings is 1. The fourth-order valence-electron chi connectivity index (χ4n) is 4.98. The van der Waals surface area contributed by atoms with Gasteiger partial charge in [0.05, 0.1) is 0 Å². The van der Waals surface area contributed by atoms with Gasteiger partial charge in [0.25, 0.3) is 11.5 Å². The first-order chi connectivity index (χ1) is 15.1. The Labute approximate surface area is 195 Å². The van der Waals surface area contributed by atoms with E-state index in [1.807, 2.05) is 32.9 Å². The van der Waals surface area contributed by atoms with Crippen LogP contribution in [-0.4, -0.2) is 35.6 Å². The standard InChI is InChI=1S/C25H35ClN4O2/c1-7-30(20-9-16(4)28-17(5)10-20)23-12-19(26)11-21(18(23)6)24(31)27-13-22-14(2)8-15(3)29-25(22)32/h8,11-12,16-17,20,28H,7,9-10,13H2,1-6H3,(H,27,31)(H,29,32). The third kappa shape index (κ3) is 5.36. The Morgan fingerprint density at radius 1 is 1.16 bits per heavy atom. The Kier molecular flexibility index (Phi) is 7.67. The van der Waals surface area contributed by atoms with Crippen molar-refractivity contribution in [2.45, 2.75) is 79.1 Å². The van der Waals surface area contributed by atoms with Gasteiger partial charge in [0.15, 0.2) is 0 Å². The molecule has 1 aliphatic heterocycles. The van der Waals surface area contributed by atoms with E-state index in [0.29, 0.717) is 34.3 Å². The molecule has 32 heavy (non-hydrogen) atoms. The molecule has 1 amide bonds. The molecule has 3 N–H and O–H groups in total. The van der Waals surface area contributed by atoms with Gasteiger partial charge in [-0.25, -0.2) is 0 Å². The molecule has 1 fully saturated rings. The second-order valence-electron chi connectivity index (χ2n) is 9.10. The normalized spacial score (nSPS) is 20.8. The number of halogens is 1. The molecule has 0 radical (unpaired) electrons. The van der Waals surface area contributed by atoms with Crippen LogP contribution in [0.4, 0.5) is 5.69 Å². The highest BCUT2D eigenvalue weighted by atomic mass is 35.5. The van der Waals surface area contributed by atoms with E-state index in [0.717, 1.165) is 41.9 Å². The molecule has 1 aliphatic rings.